The zero-order valence-electron chi connectivity index (χ0n) is 12.4. The summed E-state index contributed by atoms with van der Waals surface area (Å²) in [7, 11) is 0. The Morgan fingerprint density at radius 3 is 2.48 bits per heavy atom. The topological polar surface area (TPSA) is 102 Å². The Hall–Kier alpha value is -2.64. The van der Waals surface area contributed by atoms with Crippen LogP contribution in [0.15, 0.2) is 10.6 Å². The van der Waals surface area contributed by atoms with Crippen LogP contribution in [0.3, 0.4) is 0 Å². The minimum Gasteiger partial charge on any atom is -0.361 e. The van der Waals surface area contributed by atoms with Crippen molar-refractivity contribution in [2.45, 2.75) is 34.2 Å². The van der Waals surface area contributed by atoms with Crippen molar-refractivity contribution in [1.29, 1.82) is 0 Å². The lowest BCUT2D eigenvalue weighted by atomic mass is 10.2. The highest BCUT2D eigenvalue weighted by molar-refractivity contribution is 5.97. The van der Waals surface area contributed by atoms with Crippen LogP contribution < -0.4 is 10.9 Å². The van der Waals surface area contributed by atoms with Gasteiger partial charge in [0, 0.05) is 5.69 Å². The highest BCUT2D eigenvalue weighted by Crippen LogP contribution is 2.11. The fourth-order valence-corrected chi connectivity index (χ4v) is 2.01. The molecule has 0 aliphatic carbocycles. The number of amides is 2. The van der Waals surface area contributed by atoms with Crippen molar-refractivity contribution in [3.05, 3.63) is 34.5 Å². The molecule has 2 N–H and O–H groups in total. The van der Waals surface area contributed by atoms with Crippen LogP contribution in [0.1, 0.15) is 33.2 Å². The Labute approximate surface area is 121 Å². The van der Waals surface area contributed by atoms with Crippen LogP contribution >= 0.6 is 0 Å². The number of hydrazine groups is 1. The van der Waals surface area contributed by atoms with E-state index in [0.717, 1.165) is 11.4 Å². The van der Waals surface area contributed by atoms with Gasteiger partial charge in [-0.3, -0.25) is 25.1 Å². The molecule has 2 rings (SSSR count). The van der Waals surface area contributed by atoms with Gasteiger partial charge in [0.2, 0.25) is 0 Å². The van der Waals surface area contributed by atoms with Gasteiger partial charge in [-0.2, -0.15) is 5.10 Å². The van der Waals surface area contributed by atoms with Crippen molar-refractivity contribution in [1.82, 2.24) is 25.8 Å². The van der Waals surface area contributed by atoms with E-state index in [1.54, 1.807) is 18.5 Å². The molecule has 112 valence electrons. The Morgan fingerprint density at radius 1 is 1.24 bits per heavy atom. The van der Waals surface area contributed by atoms with Gasteiger partial charge in [0.1, 0.15) is 17.9 Å². The number of aryl methyl sites for hydroxylation is 4. The molecule has 0 bridgehead atoms. The molecule has 2 aromatic heterocycles. The minimum absolute atomic E-state index is 0.0293. The van der Waals surface area contributed by atoms with Crippen LogP contribution in [0.4, 0.5) is 0 Å². The lowest BCUT2D eigenvalue weighted by Gasteiger charge is -2.08. The molecule has 0 saturated carbocycles. The van der Waals surface area contributed by atoms with Crippen LogP contribution in [0.25, 0.3) is 0 Å². The van der Waals surface area contributed by atoms with Gasteiger partial charge < -0.3 is 4.52 Å². The van der Waals surface area contributed by atoms with Crippen LogP contribution in [0.5, 0.6) is 0 Å². The Bertz CT molecular complexity index is 667. The number of rotatable bonds is 3. The highest BCUT2D eigenvalue weighted by atomic mass is 16.5. The van der Waals surface area contributed by atoms with Crippen molar-refractivity contribution in [2.75, 3.05) is 0 Å². The number of carbonyl (C=O) groups is 2. The molecular formula is C13H17N5O3. The number of hydrogen-bond donors (Lipinski definition) is 2. The van der Waals surface area contributed by atoms with Crippen LogP contribution in [-0.2, 0) is 11.3 Å². The summed E-state index contributed by atoms with van der Waals surface area (Å²) in [5.74, 6) is -0.438. The van der Waals surface area contributed by atoms with Gasteiger partial charge >= 0.3 is 0 Å². The summed E-state index contributed by atoms with van der Waals surface area (Å²) < 4.78 is 6.46. The maximum Gasteiger partial charge on any atom is 0.275 e. The average Bonchev–Trinajstić information content (AvgIpc) is 2.89. The number of hydrogen-bond acceptors (Lipinski definition) is 5. The first-order valence-electron chi connectivity index (χ1n) is 6.41. The second-order valence-electron chi connectivity index (χ2n) is 4.79. The van der Waals surface area contributed by atoms with E-state index in [0.29, 0.717) is 17.0 Å². The maximum absolute atomic E-state index is 11.9. The summed E-state index contributed by atoms with van der Waals surface area (Å²) in [6, 6.07) is 1.87. The predicted octanol–water partition coefficient (Wildman–Crippen LogP) is 0.566. The molecule has 0 aromatic carbocycles. The largest absolute Gasteiger partial charge is 0.361 e. The van der Waals surface area contributed by atoms with E-state index in [1.165, 1.54) is 0 Å². The zero-order chi connectivity index (χ0) is 15.6. The predicted molar refractivity (Wildman–Crippen MR) is 73.3 cm³/mol. The van der Waals surface area contributed by atoms with E-state index >= 15 is 0 Å². The molecule has 21 heavy (non-hydrogen) atoms. The molecule has 0 spiro atoms. The van der Waals surface area contributed by atoms with Gasteiger partial charge in [0.05, 0.1) is 11.4 Å². The second kappa shape index (κ2) is 5.78. The Morgan fingerprint density at radius 2 is 1.95 bits per heavy atom. The Kier molecular flexibility index (Phi) is 4.06. The van der Waals surface area contributed by atoms with Gasteiger partial charge in [-0.05, 0) is 33.8 Å². The van der Waals surface area contributed by atoms with Crippen LogP contribution in [0.2, 0.25) is 0 Å². The van der Waals surface area contributed by atoms with Gasteiger partial charge in [-0.15, -0.1) is 0 Å². The first-order chi connectivity index (χ1) is 9.88. The molecule has 8 nitrogen and oxygen atoms in total. The molecule has 8 heteroatoms. The fraction of sp³-hybridized carbons (Fsp3) is 0.385. The lowest BCUT2D eigenvalue weighted by Crippen LogP contribution is -2.43. The van der Waals surface area contributed by atoms with E-state index < -0.39 is 5.91 Å². The summed E-state index contributed by atoms with van der Waals surface area (Å²) in [6.07, 6.45) is 0. The fourth-order valence-electron chi connectivity index (χ4n) is 2.01. The molecule has 0 saturated heterocycles. The van der Waals surface area contributed by atoms with Crippen molar-refractivity contribution >= 4 is 11.8 Å². The van der Waals surface area contributed by atoms with Crippen molar-refractivity contribution in [3.8, 4) is 0 Å². The standard InChI is InChI=1S/C13H17N5O3/c1-7-5-8(2)18(16-7)6-11(19)14-15-13(20)12-9(3)17-21-10(12)4/h5H,6H2,1-4H3,(H,14,19)(H,15,20). The molecule has 2 heterocycles. The van der Waals surface area contributed by atoms with Gasteiger partial charge in [-0.1, -0.05) is 5.16 Å². The third-order valence-electron chi connectivity index (χ3n) is 2.97. The number of nitrogens with zero attached hydrogens (tertiary/aromatic N) is 3. The first kappa shape index (κ1) is 14.8. The summed E-state index contributed by atoms with van der Waals surface area (Å²) in [4.78, 5) is 23.7. The molecule has 2 amide bonds. The second-order valence-corrected chi connectivity index (χ2v) is 4.79. The van der Waals surface area contributed by atoms with Gasteiger partial charge in [0.25, 0.3) is 11.8 Å². The quantitative estimate of drug-likeness (QED) is 0.805. The molecule has 0 aliphatic heterocycles. The normalized spacial score (nSPS) is 10.5. The molecule has 0 aliphatic rings. The molecule has 0 unspecified atom stereocenters. The van der Waals surface area contributed by atoms with E-state index in [2.05, 4.69) is 21.1 Å². The lowest BCUT2D eigenvalue weighted by molar-refractivity contribution is -0.122. The molecule has 0 atom stereocenters. The summed E-state index contributed by atoms with van der Waals surface area (Å²) in [5.41, 5.74) is 7.17. The third kappa shape index (κ3) is 3.28. The molecule has 0 radical (unpaired) electrons. The monoisotopic (exact) mass is 291 g/mol. The zero-order valence-corrected chi connectivity index (χ0v) is 12.4. The molecular weight excluding hydrogens is 274 g/mol. The molecule has 0 fully saturated rings. The maximum atomic E-state index is 11.9. The van der Waals surface area contributed by atoms with Crippen LogP contribution in [0, 0.1) is 27.7 Å². The third-order valence-corrected chi connectivity index (χ3v) is 2.97. The van der Waals surface area contributed by atoms with E-state index in [9.17, 15) is 9.59 Å². The van der Waals surface area contributed by atoms with E-state index in [4.69, 9.17) is 4.52 Å². The molecule has 2 aromatic rings. The number of aromatic nitrogens is 3. The van der Waals surface area contributed by atoms with Gasteiger partial charge in [-0.25, -0.2) is 0 Å². The first-order valence-corrected chi connectivity index (χ1v) is 6.41. The van der Waals surface area contributed by atoms with Crippen molar-refractivity contribution in [3.63, 3.8) is 0 Å². The van der Waals surface area contributed by atoms with E-state index in [-0.39, 0.29) is 12.5 Å². The summed E-state index contributed by atoms with van der Waals surface area (Å²) >= 11 is 0. The smallest absolute Gasteiger partial charge is 0.275 e. The summed E-state index contributed by atoms with van der Waals surface area (Å²) in [5, 5.41) is 7.86. The van der Waals surface area contributed by atoms with Crippen LogP contribution in [-0.4, -0.2) is 26.8 Å². The minimum atomic E-state index is -0.465. The number of nitrogens with one attached hydrogen (secondary N) is 2. The number of carbonyl (C=O) groups excluding carboxylic acids is 2. The van der Waals surface area contributed by atoms with Crippen molar-refractivity contribution < 1.29 is 14.1 Å². The van der Waals surface area contributed by atoms with E-state index in [1.807, 2.05) is 19.9 Å². The van der Waals surface area contributed by atoms with Crippen molar-refractivity contribution in [2.24, 2.45) is 0 Å². The highest BCUT2D eigenvalue weighted by Gasteiger charge is 2.18. The SMILES string of the molecule is Cc1cc(C)n(CC(=O)NNC(=O)c2c(C)noc2C)n1. The average molecular weight is 291 g/mol. The Balaban J connectivity index is 1.93. The summed E-state index contributed by atoms with van der Waals surface area (Å²) in [6.45, 7) is 7.02. The van der Waals surface area contributed by atoms with Gasteiger partial charge in [0.15, 0.2) is 0 Å².